The largest absolute Gasteiger partial charge is 0.336 e. The van der Waals surface area contributed by atoms with Crippen LogP contribution in [0.3, 0.4) is 0 Å². The smallest absolute Gasteiger partial charge is 0.237 e. The van der Waals surface area contributed by atoms with Gasteiger partial charge in [-0.3, -0.25) is 14.6 Å². The molecule has 4 saturated heterocycles. The molecular formula is C23H32FN3O. The van der Waals surface area contributed by atoms with Crippen LogP contribution in [0.4, 0.5) is 4.39 Å². The summed E-state index contributed by atoms with van der Waals surface area (Å²) in [6, 6.07) is 8.30. The molecule has 0 radical (unpaired) electrons. The Bertz CT molecular complexity index is 709. The summed E-state index contributed by atoms with van der Waals surface area (Å²) in [6.07, 6.45) is 7.45. The summed E-state index contributed by atoms with van der Waals surface area (Å²) in [7, 11) is 2.12. The van der Waals surface area contributed by atoms with Crippen LogP contribution in [0, 0.1) is 11.7 Å². The van der Waals surface area contributed by atoms with Crippen LogP contribution in [0.1, 0.15) is 50.0 Å². The standard InChI is InChI=1S/C23H32FN3O/c1-25(19-4-2-3-5-19)15-21(28)27-14-20(16-6-8-18(24)9-7-16)23-22(27)17-10-12-26(23)13-11-17/h6-9,17,19-20,22-23H,2-5,10-15H2,1H3/t20-,22+,23+/m1/s1. The normalized spacial score (nSPS) is 35.0. The zero-order valence-electron chi connectivity index (χ0n) is 16.9. The van der Waals surface area contributed by atoms with Crippen molar-refractivity contribution in [1.82, 2.24) is 14.7 Å². The Morgan fingerprint density at radius 1 is 1.07 bits per heavy atom. The third-order valence-corrected chi connectivity index (χ3v) is 7.95. The van der Waals surface area contributed by atoms with Crippen molar-refractivity contribution >= 4 is 5.91 Å². The van der Waals surface area contributed by atoms with Crippen LogP contribution in [-0.2, 0) is 4.79 Å². The first-order valence-electron chi connectivity index (χ1n) is 11.1. The number of benzene rings is 1. The molecule has 0 spiro atoms. The third-order valence-electron chi connectivity index (χ3n) is 7.95. The molecule has 4 nitrogen and oxygen atoms in total. The van der Waals surface area contributed by atoms with Gasteiger partial charge in [-0.1, -0.05) is 25.0 Å². The van der Waals surface area contributed by atoms with Crippen molar-refractivity contribution in [2.75, 3.05) is 33.2 Å². The van der Waals surface area contributed by atoms with Gasteiger partial charge >= 0.3 is 0 Å². The summed E-state index contributed by atoms with van der Waals surface area (Å²) < 4.78 is 13.5. The van der Waals surface area contributed by atoms with Gasteiger partial charge < -0.3 is 4.90 Å². The van der Waals surface area contributed by atoms with Crippen molar-refractivity contribution in [1.29, 1.82) is 0 Å². The van der Waals surface area contributed by atoms with Crippen molar-refractivity contribution in [3.8, 4) is 0 Å². The molecule has 152 valence electrons. The van der Waals surface area contributed by atoms with Crippen LogP contribution in [0.25, 0.3) is 0 Å². The monoisotopic (exact) mass is 385 g/mol. The van der Waals surface area contributed by atoms with Gasteiger partial charge in [-0.2, -0.15) is 0 Å². The zero-order valence-corrected chi connectivity index (χ0v) is 16.9. The van der Waals surface area contributed by atoms with Gasteiger partial charge in [0.05, 0.1) is 12.6 Å². The van der Waals surface area contributed by atoms with E-state index in [1.165, 1.54) is 44.1 Å². The molecule has 1 saturated carbocycles. The minimum absolute atomic E-state index is 0.185. The number of rotatable bonds is 4. The van der Waals surface area contributed by atoms with Gasteiger partial charge in [-0.15, -0.1) is 0 Å². The SMILES string of the molecule is CN(CC(=O)N1C[C@H](c2ccc(F)cc2)[C@H]2[C@@H]1C1CCN2CC1)C1CCCC1. The molecule has 4 aliphatic heterocycles. The lowest BCUT2D eigenvalue weighted by Gasteiger charge is -2.51. The molecule has 1 aromatic rings. The van der Waals surface area contributed by atoms with Gasteiger partial charge in [0.1, 0.15) is 5.82 Å². The summed E-state index contributed by atoms with van der Waals surface area (Å²) in [4.78, 5) is 20.5. The van der Waals surface area contributed by atoms with Crippen molar-refractivity contribution < 1.29 is 9.18 Å². The van der Waals surface area contributed by atoms with Crippen molar-refractivity contribution in [3.63, 3.8) is 0 Å². The van der Waals surface area contributed by atoms with Gasteiger partial charge in [0.2, 0.25) is 5.91 Å². The maximum atomic E-state index is 13.5. The molecule has 6 rings (SSSR count). The summed E-state index contributed by atoms with van der Waals surface area (Å²) in [5.74, 6) is 1.04. The maximum absolute atomic E-state index is 13.5. The molecule has 3 atom stereocenters. The van der Waals surface area contributed by atoms with E-state index in [-0.39, 0.29) is 5.82 Å². The molecule has 5 fully saturated rings. The van der Waals surface area contributed by atoms with E-state index in [0.29, 0.717) is 42.4 Å². The lowest BCUT2D eigenvalue weighted by molar-refractivity contribution is -0.137. The molecule has 0 aromatic heterocycles. The molecule has 0 unspecified atom stereocenters. The number of fused-ring (bicyclic) bond motifs is 2. The van der Waals surface area contributed by atoms with Crippen LogP contribution in [0.15, 0.2) is 24.3 Å². The first kappa shape index (κ1) is 18.6. The summed E-state index contributed by atoms with van der Waals surface area (Å²) in [5, 5.41) is 0. The van der Waals surface area contributed by atoms with Crippen LogP contribution < -0.4 is 0 Å². The molecule has 1 amide bonds. The minimum Gasteiger partial charge on any atom is -0.336 e. The first-order valence-corrected chi connectivity index (χ1v) is 11.1. The fourth-order valence-corrected chi connectivity index (χ4v) is 6.49. The third kappa shape index (κ3) is 3.17. The van der Waals surface area contributed by atoms with E-state index in [0.717, 1.165) is 19.6 Å². The molecule has 0 N–H and O–H groups in total. The highest BCUT2D eigenvalue weighted by molar-refractivity contribution is 5.79. The Hall–Kier alpha value is -1.46. The number of hydrogen-bond acceptors (Lipinski definition) is 3. The predicted molar refractivity (Wildman–Crippen MR) is 108 cm³/mol. The number of nitrogens with zero attached hydrogens (tertiary/aromatic N) is 3. The number of halogens is 1. The number of carbonyl (C=O) groups excluding carboxylic acids is 1. The Labute approximate surface area is 167 Å². The summed E-state index contributed by atoms with van der Waals surface area (Å²) in [6.45, 7) is 3.61. The lowest BCUT2D eigenvalue weighted by atomic mass is 9.75. The second-order valence-electron chi connectivity index (χ2n) is 9.41. The van der Waals surface area contributed by atoms with Crippen LogP contribution >= 0.6 is 0 Å². The first-order chi connectivity index (χ1) is 13.6. The quantitative estimate of drug-likeness (QED) is 0.797. The van der Waals surface area contributed by atoms with Gasteiger partial charge in [-0.25, -0.2) is 4.39 Å². The number of likely N-dealkylation sites (N-methyl/N-ethyl adjacent to an activating group) is 1. The van der Waals surface area contributed by atoms with E-state index in [2.05, 4.69) is 21.7 Å². The van der Waals surface area contributed by atoms with Gasteiger partial charge in [0.15, 0.2) is 0 Å². The molecule has 1 aromatic carbocycles. The number of amides is 1. The van der Waals surface area contributed by atoms with E-state index in [1.54, 1.807) is 12.1 Å². The Morgan fingerprint density at radius 2 is 1.75 bits per heavy atom. The number of hydrogen-bond donors (Lipinski definition) is 0. The minimum atomic E-state index is -0.185. The number of carbonyl (C=O) groups is 1. The van der Waals surface area contributed by atoms with E-state index in [4.69, 9.17) is 0 Å². The summed E-state index contributed by atoms with van der Waals surface area (Å²) in [5.41, 5.74) is 1.18. The van der Waals surface area contributed by atoms with Crippen LogP contribution in [0.2, 0.25) is 0 Å². The molecular weight excluding hydrogens is 353 g/mol. The van der Waals surface area contributed by atoms with E-state index >= 15 is 0 Å². The van der Waals surface area contributed by atoms with Crippen molar-refractivity contribution in [2.45, 2.75) is 62.6 Å². The van der Waals surface area contributed by atoms with Gasteiger partial charge in [0.25, 0.3) is 0 Å². The van der Waals surface area contributed by atoms with E-state index in [9.17, 15) is 9.18 Å². The average molecular weight is 386 g/mol. The van der Waals surface area contributed by atoms with Crippen LogP contribution in [-0.4, -0.2) is 72.0 Å². The average Bonchev–Trinajstić information content (AvgIpc) is 3.39. The predicted octanol–water partition coefficient (Wildman–Crippen LogP) is 3.09. The molecule has 28 heavy (non-hydrogen) atoms. The van der Waals surface area contributed by atoms with Crippen molar-refractivity contribution in [3.05, 3.63) is 35.6 Å². The summed E-state index contributed by atoms with van der Waals surface area (Å²) >= 11 is 0. The van der Waals surface area contributed by atoms with Crippen LogP contribution in [0.5, 0.6) is 0 Å². The molecule has 1 aliphatic carbocycles. The second kappa shape index (κ2) is 7.42. The topological polar surface area (TPSA) is 26.8 Å². The number of piperidine rings is 3. The molecule has 5 heteroatoms. The van der Waals surface area contributed by atoms with E-state index < -0.39 is 0 Å². The fourth-order valence-electron chi connectivity index (χ4n) is 6.49. The Morgan fingerprint density at radius 3 is 2.43 bits per heavy atom. The highest BCUT2D eigenvalue weighted by Gasteiger charge is 2.54. The zero-order chi connectivity index (χ0) is 19.3. The second-order valence-corrected chi connectivity index (χ2v) is 9.41. The molecule has 4 heterocycles. The fraction of sp³-hybridized carbons (Fsp3) is 0.696. The lowest BCUT2D eigenvalue weighted by Crippen LogP contribution is -2.61. The Balaban J connectivity index is 1.38. The van der Waals surface area contributed by atoms with Gasteiger partial charge in [0, 0.05) is 24.5 Å². The molecule has 2 bridgehead atoms. The van der Waals surface area contributed by atoms with Gasteiger partial charge in [-0.05, 0) is 69.4 Å². The van der Waals surface area contributed by atoms with E-state index in [1.807, 2.05) is 12.1 Å². The maximum Gasteiger partial charge on any atom is 0.237 e. The Kier molecular flexibility index (Phi) is 4.92. The highest BCUT2D eigenvalue weighted by Crippen LogP contribution is 2.46. The molecule has 5 aliphatic rings. The highest BCUT2D eigenvalue weighted by atomic mass is 19.1. The van der Waals surface area contributed by atoms with Crippen molar-refractivity contribution in [2.24, 2.45) is 5.92 Å². The number of likely N-dealkylation sites (tertiary alicyclic amines) is 1.